The van der Waals surface area contributed by atoms with Crippen molar-refractivity contribution in [1.29, 1.82) is 0 Å². The van der Waals surface area contributed by atoms with Crippen LogP contribution in [0.2, 0.25) is 0 Å². The molecule has 8 nitrogen and oxygen atoms in total. The van der Waals surface area contributed by atoms with E-state index in [2.05, 4.69) is 27.2 Å². The lowest BCUT2D eigenvalue weighted by atomic mass is 10.0. The first-order valence-electron chi connectivity index (χ1n) is 9.82. The van der Waals surface area contributed by atoms with Crippen molar-refractivity contribution in [3.05, 3.63) is 41.0 Å². The maximum Gasteiger partial charge on any atom is 0.292 e. The second-order valence-corrected chi connectivity index (χ2v) is 8.09. The number of aryl methyl sites for hydroxylation is 1. The lowest BCUT2D eigenvalue weighted by Crippen LogP contribution is -2.37. The van der Waals surface area contributed by atoms with Crippen molar-refractivity contribution in [3.8, 4) is 5.88 Å². The molecule has 0 atom stereocenters. The summed E-state index contributed by atoms with van der Waals surface area (Å²) < 4.78 is 11.1. The minimum Gasteiger partial charge on any atom is -0.481 e. The zero-order valence-corrected chi connectivity index (χ0v) is 16.8. The number of ether oxygens (including phenoxy) is 1. The number of pyridine rings is 1. The fourth-order valence-corrected chi connectivity index (χ4v) is 3.78. The van der Waals surface area contributed by atoms with Crippen LogP contribution in [0.5, 0.6) is 5.88 Å². The number of carbonyl (C=O) groups excluding carboxylic acids is 1. The van der Waals surface area contributed by atoms with Crippen molar-refractivity contribution in [2.75, 3.05) is 19.0 Å². The number of amides is 1. The van der Waals surface area contributed by atoms with Gasteiger partial charge in [-0.25, -0.2) is 9.97 Å². The van der Waals surface area contributed by atoms with E-state index in [0.29, 0.717) is 36.9 Å². The number of methoxy groups -OCH3 is 1. The van der Waals surface area contributed by atoms with E-state index in [0.717, 1.165) is 35.1 Å². The Balaban J connectivity index is 1.48. The molecule has 3 aromatic rings. The molecule has 1 amide bonds. The Labute approximate surface area is 168 Å². The van der Waals surface area contributed by atoms with Crippen molar-refractivity contribution in [2.45, 2.75) is 45.2 Å². The smallest absolute Gasteiger partial charge is 0.292 e. The molecule has 8 heteroatoms. The third-order valence-corrected chi connectivity index (χ3v) is 5.71. The second kappa shape index (κ2) is 6.43. The highest BCUT2D eigenvalue weighted by atomic mass is 16.5. The number of aromatic nitrogens is 3. The third kappa shape index (κ3) is 3.18. The highest BCUT2D eigenvalue weighted by Gasteiger charge is 2.38. The molecule has 150 valence electrons. The molecule has 0 bridgehead atoms. The van der Waals surface area contributed by atoms with Gasteiger partial charge in [-0.2, -0.15) is 4.98 Å². The largest absolute Gasteiger partial charge is 0.481 e. The van der Waals surface area contributed by atoms with Gasteiger partial charge in [0.15, 0.2) is 0 Å². The maximum absolute atomic E-state index is 13.2. The maximum atomic E-state index is 13.2. The van der Waals surface area contributed by atoms with Gasteiger partial charge >= 0.3 is 0 Å². The normalized spacial score (nSPS) is 17.1. The summed E-state index contributed by atoms with van der Waals surface area (Å²) in [6, 6.07) is 3.84. The SMILES string of the molecule is COc1nccc2c1CCN(C(=O)c1nc(NC3(C)CC3)c3cc(C)oc3n1)C2. The molecule has 0 unspecified atom stereocenters. The van der Waals surface area contributed by atoms with E-state index in [1.807, 2.05) is 19.1 Å². The Morgan fingerprint density at radius 2 is 2.17 bits per heavy atom. The Kier molecular flexibility index (Phi) is 3.97. The van der Waals surface area contributed by atoms with Crippen LogP contribution in [-0.2, 0) is 13.0 Å². The van der Waals surface area contributed by atoms with Crippen molar-refractivity contribution in [2.24, 2.45) is 0 Å². The summed E-state index contributed by atoms with van der Waals surface area (Å²) in [5.74, 6) is 1.99. The topological polar surface area (TPSA) is 93.4 Å². The van der Waals surface area contributed by atoms with Gasteiger partial charge in [0, 0.05) is 30.4 Å². The molecule has 1 N–H and O–H groups in total. The van der Waals surface area contributed by atoms with Gasteiger partial charge in [-0.3, -0.25) is 4.79 Å². The van der Waals surface area contributed by atoms with Crippen LogP contribution >= 0.6 is 0 Å². The first-order valence-corrected chi connectivity index (χ1v) is 9.82. The van der Waals surface area contributed by atoms with E-state index in [9.17, 15) is 4.79 Å². The molecule has 0 saturated heterocycles. The number of carbonyl (C=O) groups is 1. The average Bonchev–Trinajstić information content (AvgIpc) is 3.31. The molecule has 0 spiro atoms. The number of hydrogen-bond donors (Lipinski definition) is 1. The number of anilines is 1. The van der Waals surface area contributed by atoms with Gasteiger partial charge < -0.3 is 19.4 Å². The van der Waals surface area contributed by atoms with Gasteiger partial charge in [0.25, 0.3) is 5.91 Å². The van der Waals surface area contributed by atoms with Crippen LogP contribution in [-0.4, -0.2) is 45.0 Å². The van der Waals surface area contributed by atoms with Crippen LogP contribution < -0.4 is 10.1 Å². The van der Waals surface area contributed by atoms with Crippen LogP contribution in [0, 0.1) is 6.92 Å². The monoisotopic (exact) mass is 393 g/mol. The van der Waals surface area contributed by atoms with Crippen molar-refractivity contribution in [3.63, 3.8) is 0 Å². The molecule has 3 aromatic heterocycles. The summed E-state index contributed by atoms with van der Waals surface area (Å²) in [5, 5.41) is 4.28. The van der Waals surface area contributed by atoms with Gasteiger partial charge in [0.2, 0.25) is 17.4 Å². The Morgan fingerprint density at radius 3 is 2.93 bits per heavy atom. The van der Waals surface area contributed by atoms with Gasteiger partial charge in [-0.15, -0.1) is 0 Å². The number of rotatable bonds is 4. The Hall–Kier alpha value is -3.16. The standard InChI is InChI=1S/C21H23N5O3/c1-12-10-15-16(25-21(2)6-7-21)23-17(24-19(15)29-12)20(27)26-9-5-14-13(11-26)4-8-22-18(14)28-3/h4,8,10H,5-7,9,11H2,1-3H3,(H,23,24,25). The lowest BCUT2D eigenvalue weighted by Gasteiger charge is -2.28. The van der Waals surface area contributed by atoms with E-state index in [1.54, 1.807) is 18.2 Å². The number of furan rings is 1. The van der Waals surface area contributed by atoms with Crippen LogP contribution in [0.4, 0.5) is 5.82 Å². The fraction of sp³-hybridized carbons (Fsp3) is 0.429. The van der Waals surface area contributed by atoms with E-state index in [4.69, 9.17) is 9.15 Å². The molecule has 1 saturated carbocycles. The highest BCUT2D eigenvalue weighted by molar-refractivity contribution is 5.95. The fourth-order valence-electron chi connectivity index (χ4n) is 3.78. The summed E-state index contributed by atoms with van der Waals surface area (Å²) in [5.41, 5.74) is 2.56. The number of nitrogens with one attached hydrogen (secondary N) is 1. The molecule has 1 aliphatic carbocycles. The first kappa shape index (κ1) is 17.9. The summed E-state index contributed by atoms with van der Waals surface area (Å²) >= 11 is 0. The molecule has 0 radical (unpaired) electrons. The molecular weight excluding hydrogens is 370 g/mol. The van der Waals surface area contributed by atoms with Crippen LogP contribution in [0.3, 0.4) is 0 Å². The molecular formula is C21H23N5O3. The van der Waals surface area contributed by atoms with E-state index in [1.165, 1.54) is 0 Å². The van der Waals surface area contributed by atoms with E-state index >= 15 is 0 Å². The molecule has 29 heavy (non-hydrogen) atoms. The van der Waals surface area contributed by atoms with Crippen LogP contribution in [0.1, 0.15) is 47.3 Å². The van der Waals surface area contributed by atoms with E-state index < -0.39 is 0 Å². The molecule has 1 aliphatic heterocycles. The minimum absolute atomic E-state index is 0.0282. The summed E-state index contributed by atoms with van der Waals surface area (Å²) in [4.78, 5) is 28.3. The Morgan fingerprint density at radius 1 is 1.34 bits per heavy atom. The predicted octanol–water partition coefficient (Wildman–Crippen LogP) is 3.10. The molecule has 4 heterocycles. The first-order chi connectivity index (χ1) is 14.0. The third-order valence-electron chi connectivity index (χ3n) is 5.71. The predicted molar refractivity (Wildman–Crippen MR) is 107 cm³/mol. The second-order valence-electron chi connectivity index (χ2n) is 8.09. The summed E-state index contributed by atoms with van der Waals surface area (Å²) in [6.45, 7) is 5.06. The quantitative estimate of drug-likeness (QED) is 0.728. The number of fused-ring (bicyclic) bond motifs is 2. The van der Waals surface area contributed by atoms with Gasteiger partial charge in [-0.1, -0.05) is 0 Å². The highest BCUT2D eigenvalue weighted by Crippen LogP contribution is 2.39. The molecule has 0 aromatic carbocycles. The minimum atomic E-state index is -0.202. The lowest BCUT2D eigenvalue weighted by molar-refractivity contribution is 0.0721. The van der Waals surface area contributed by atoms with Crippen LogP contribution in [0.15, 0.2) is 22.7 Å². The van der Waals surface area contributed by atoms with Crippen molar-refractivity contribution < 1.29 is 13.9 Å². The van der Waals surface area contributed by atoms with Gasteiger partial charge in [0.05, 0.1) is 12.5 Å². The Bertz CT molecular complexity index is 1120. The number of hydrogen-bond acceptors (Lipinski definition) is 7. The van der Waals surface area contributed by atoms with Crippen LogP contribution in [0.25, 0.3) is 11.1 Å². The van der Waals surface area contributed by atoms with Gasteiger partial charge in [-0.05, 0) is 50.8 Å². The average molecular weight is 393 g/mol. The summed E-state index contributed by atoms with van der Waals surface area (Å²) in [6.07, 6.45) is 4.55. The van der Waals surface area contributed by atoms with Crippen molar-refractivity contribution >= 4 is 22.8 Å². The van der Waals surface area contributed by atoms with E-state index in [-0.39, 0.29) is 17.3 Å². The zero-order valence-electron chi connectivity index (χ0n) is 16.8. The molecule has 1 fully saturated rings. The summed E-state index contributed by atoms with van der Waals surface area (Å²) in [7, 11) is 1.61. The zero-order chi connectivity index (χ0) is 20.2. The van der Waals surface area contributed by atoms with Crippen molar-refractivity contribution in [1.82, 2.24) is 19.9 Å². The van der Waals surface area contributed by atoms with Gasteiger partial charge in [0.1, 0.15) is 11.6 Å². The molecule has 2 aliphatic rings. The molecule has 5 rings (SSSR count). The number of nitrogens with zero attached hydrogens (tertiary/aromatic N) is 4.